The minimum atomic E-state index is -0.898. The molecule has 1 saturated heterocycles. The Bertz CT molecular complexity index is 200. The topological polar surface area (TPSA) is 63.2 Å². The zero-order valence-corrected chi connectivity index (χ0v) is 6.00. The summed E-state index contributed by atoms with van der Waals surface area (Å²) in [6.45, 7) is 0. The summed E-state index contributed by atoms with van der Waals surface area (Å²) in [5.74, 6) is -0.404. The molecular formula is C7H9NO3. The highest BCUT2D eigenvalue weighted by molar-refractivity contribution is 6.01. The predicted octanol–water partition coefficient (Wildman–Crippen LogP) is -0.577. The molecule has 4 nitrogen and oxygen atoms in total. The first-order valence-electron chi connectivity index (χ1n) is 3.51. The summed E-state index contributed by atoms with van der Waals surface area (Å²) < 4.78 is 0. The summed E-state index contributed by atoms with van der Waals surface area (Å²) in [6.07, 6.45) is 1.69. The zero-order chi connectivity index (χ0) is 8.27. The van der Waals surface area contributed by atoms with Gasteiger partial charge < -0.3 is 10.1 Å². The molecule has 0 aromatic heterocycles. The molecule has 0 aromatic rings. The molecule has 1 N–H and O–H groups in total. The number of rotatable bonds is 1. The van der Waals surface area contributed by atoms with Crippen molar-refractivity contribution in [2.75, 3.05) is 0 Å². The molecular weight excluding hydrogens is 146 g/mol. The van der Waals surface area contributed by atoms with Crippen molar-refractivity contribution in [1.82, 2.24) is 5.32 Å². The molecule has 1 heterocycles. The summed E-state index contributed by atoms with van der Waals surface area (Å²) >= 11 is 0. The SMILES string of the molecule is O=C[C@H]1NC(=O)CCCC1=O. The fourth-order valence-electron chi connectivity index (χ4n) is 1.01. The summed E-state index contributed by atoms with van der Waals surface area (Å²) in [7, 11) is 0. The maximum Gasteiger partial charge on any atom is 0.220 e. The molecule has 1 aliphatic heterocycles. The smallest absolute Gasteiger partial charge is 0.220 e. The second kappa shape index (κ2) is 3.27. The van der Waals surface area contributed by atoms with E-state index in [1.54, 1.807) is 0 Å². The Balaban J connectivity index is 2.66. The first-order chi connectivity index (χ1) is 5.24. The molecule has 1 fully saturated rings. The largest absolute Gasteiger partial charge is 0.340 e. The van der Waals surface area contributed by atoms with Crippen LogP contribution in [0.4, 0.5) is 0 Å². The Morgan fingerprint density at radius 1 is 1.36 bits per heavy atom. The van der Waals surface area contributed by atoms with Gasteiger partial charge in [-0.3, -0.25) is 9.59 Å². The predicted molar refractivity (Wildman–Crippen MR) is 36.9 cm³/mol. The van der Waals surface area contributed by atoms with Crippen LogP contribution in [0, 0.1) is 0 Å². The standard InChI is InChI=1S/C7H9NO3/c9-4-5-6(10)2-1-3-7(11)8-5/h4-5H,1-3H2,(H,8,11)/t5-/m1/s1. The third-order valence-corrected chi connectivity index (χ3v) is 1.63. The van der Waals surface area contributed by atoms with Crippen LogP contribution in [0.2, 0.25) is 0 Å². The van der Waals surface area contributed by atoms with E-state index in [4.69, 9.17) is 0 Å². The number of hydrogen-bond donors (Lipinski definition) is 1. The van der Waals surface area contributed by atoms with Crippen molar-refractivity contribution < 1.29 is 14.4 Å². The molecule has 0 spiro atoms. The van der Waals surface area contributed by atoms with Crippen LogP contribution in [0.25, 0.3) is 0 Å². The Kier molecular flexibility index (Phi) is 2.36. The van der Waals surface area contributed by atoms with E-state index in [-0.39, 0.29) is 11.7 Å². The van der Waals surface area contributed by atoms with Gasteiger partial charge in [-0.1, -0.05) is 0 Å². The molecule has 11 heavy (non-hydrogen) atoms. The van der Waals surface area contributed by atoms with Gasteiger partial charge in [0, 0.05) is 12.8 Å². The minimum absolute atomic E-state index is 0.189. The number of ketones is 1. The van der Waals surface area contributed by atoms with Crippen LogP contribution in [-0.4, -0.2) is 24.0 Å². The lowest BCUT2D eigenvalue weighted by atomic mass is 10.1. The third-order valence-electron chi connectivity index (χ3n) is 1.63. The quantitative estimate of drug-likeness (QED) is 0.407. The van der Waals surface area contributed by atoms with Gasteiger partial charge in [0.15, 0.2) is 5.78 Å². The monoisotopic (exact) mass is 155 g/mol. The van der Waals surface area contributed by atoms with E-state index in [0.29, 0.717) is 25.5 Å². The lowest BCUT2D eigenvalue weighted by molar-refractivity contribution is -0.129. The molecule has 0 saturated carbocycles. The van der Waals surface area contributed by atoms with Gasteiger partial charge >= 0.3 is 0 Å². The molecule has 0 radical (unpaired) electrons. The van der Waals surface area contributed by atoms with E-state index in [9.17, 15) is 14.4 Å². The molecule has 1 amide bonds. The molecule has 0 aliphatic carbocycles. The lowest BCUT2D eigenvalue weighted by Gasteiger charge is -2.04. The molecule has 0 aromatic carbocycles. The number of aldehydes is 1. The van der Waals surface area contributed by atoms with Gasteiger partial charge in [-0.25, -0.2) is 0 Å². The molecule has 60 valence electrons. The number of hydrogen-bond acceptors (Lipinski definition) is 3. The first-order valence-corrected chi connectivity index (χ1v) is 3.51. The Morgan fingerprint density at radius 2 is 2.09 bits per heavy atom. The van der Waals surface area contributed by atoms with E-state index in [1.807, 2.05) is 0 Å². The van der Waals surface area contributed by atoms with Crippen molar-refractivity contribution in [2.24, 2.45) is 0 Å². The second-order valence-corrected chi connectivity index (χ2v) is 2.50. The fraction of sp³-hybridized carbons (Fsp3) is 0.571. The Hall–Kier alpha value is -1.19. The van der Waals surface area contributed by atoms with Crippen molar-refractivity contribution >= 4 is 18.0 Å². The summed E-state index contributed by atoms with van der Waals surface area (Å²) in [6, 6.07) is -0.898. The van der Waals surface area contributed by atoms with Crippen LogP contribution in [0.15, 0.2) is 0 Å². The van der Waals surface area contributed by atoms with E-state index >= 15 is 0 Å². The zero-order valence-electron chi connectivity index (χ0n) is 6.00. The Labute approximate surface area is 64.0 Å². The minimum Gasteiger partial charge on any atom is -0.340 e. The van der Waals surface area contributed by atoms with Gasteiger partial charge in [0.25, 0.3) is 0 Å². The number of carbonyl (C=O) groups excluding carboxylic acids is 3. The van der Waals surface area contributed by atoms with Gasteiger partial charge in [0.2, 0.25) is 5.91 Å². The van der Waals surface area contributed by atoms with Crippen molar-refractivity contribution in [1.29, 1.82) is 0 Å². The number of Topliss-reactive ketones (excluding diaryl/α,β-unsaturated/α-hetero) is 1. The Morgan fingerprint density at radius 3 is 2.73 bits per heavy atom. The number of amides is 1. The van der Waals surface area contributed by atoms with Gasteiger partial charge in [0.1, 0.15) is 12.3 Å². The van der Waals surface area contributed by atoms with E-state index in [1.165, 1.54) is 0 Å². The first kappa shape index (κ1) is 7.91. The van der Waals surface area contributed by atoms with E-state index < -0.39 is 6.04 Å². The van der Waals surface area contributed by atoms with Crippen molar-refractivity contribution in [3.05, 3.63) is 0 Å². The maximum atomic E-state index is 10.9. The highest BCUT2D eigenvalue weighted by atomic mass is 16.2. The molecule has 1 aliphatic rings. The average molecular weight is 155 g/mol. The summed E-state index contributed by atoms with van der Waals surface area (Å²) in [5.41, 5.74) is 0. The third kappa shape index (κ3) is 1.86. The van der Waals surface area contributed by atoms with Gasteiger partial charge in [-0.15, -0.1) is 0 Å². The van der Waals surface area contributed by atoms with E-state index in [0.717, 1.165) is 0 Å². The molecule has 4 heteroatoms. The van der Waals surface area contributed by atoms with Crippen LogP contribution < -0.4 is 5.32 Å². The highest BCUT2D eigenvalue weighted by Crippen LogP contribution is 2.04. The molecule has 0 unspecified atom stereocenters. The van der Waals surface area contributed by atoms with E-state index in [2.05, 4.69) is 5.32 Å². The molecule has 0 bridgehead atoms. The average Bonchev–Trinajstić information content (AvgIpc) is 2.13. The number of nitrogens with one attached hydrogen (secondary N) is 1. The normalized spacial score (nSPS) is 25.6. The van der Waals surface area contributed by atoms with Gasteiger partial charge in [0.05, 0.1) is 0 Å². The highest BCUT2D eigenvalue weighted by Gasteiger charge is 2.22. The molecule has 1 rings (SSSR count). The van der Waals surface area contributed by atoms with Gasteiger partial charge in [-0.05, 0) is 6.42 Å². The van der Waals surface area contributed by atoms with Crippen molar-refractivity contribution in [3.8, 4) is 0 Å². The maximum absolute atomic E-state index is 10.9. The number of carbonyl (C=O) groups is 3. The van der Waals surface area contributed by atoms with Crippen molar-refractivity contribution in [2.45, 2.75) is 25.3 Å². The van der Waals surface area contributed by atoms with Crippen LogP contribution >= 0.6 is 0 Å². The van der Waals surface area contributed by atoms with Crippen LogP contribution in [0.3, 0.4) is 0 Å². The second-order valence-electron chi connectivity index (χ2n) is 2.50. The molecule has 1 atom stereocenters. The summed E-state index contributed by atoms with van der Waals surface area (Å²) in [4.78, 5) is 32.0. The lowest BCUT2D eigenvalue weighted by Crippen LogP contribution is -2.39. The van der Waals surface area contributed by atoms with Crippen LogP contribution in [-0.2, 0) is 14.4 Å². The van der Waals surface area contributed by atoms with Crippen LogP contribution in [0.1, 0.15) is 19.3 Å². The summed E-state index contributed by atoms with van der Waals surface area (Å²) in [5, 5.41) is 2.32. The van der Waals surface area contributed by atoms with Gasteiger partial charge in [-0.2, -0.15) is 0 Å². The van der Waals surface area contributed by atoms with Crippen molar-refractivity contribution in [3.63, 3.8) is 0 Å². The van der Waals surface area contributed by atoms with Crippen LogP contribution in [0.5, 0.6) is 0 Å². The fourth-order valence-corrected chi connectivity index (χ4v) is 1.01.